The normalized spacial score (nSPS) is 18.0. The molecule has 21 heavy (non-hydrogen) atoms. The molecule has 1 heterocycles. The molecule has 1 fully saturated rings. The van der Waals surface area contributed by atoms with Gasteiger partial charge < -0.3 is 9.47 Å². The smallest absolute Gasteiger partial charge is 0.416 e. The van der Waals surface area contributed by atoms with E-state index in [1.54, 1.807) is 13.2 Å². The molecule has 1 atom stereocenters. The lowest BCUT2D eigenvalue weighted by atomic mass is 10.0. The minimum Gasteiger partial charge on any atom is -0.496 e. The van der Waals surface area contributed by atoms with E-state index < -0.39 is 6.09 Å². The van der Waals surface area contributed by atoms with Crippen LogP contribution in [0.5, 0.6) is 5.75 Å². The molecular weight excluding hydrogens is 338 g/mol. The van der Waals surface area contributed by atoms with Crippen LogP contribution in [0.25, 0.3) is 0 Å². The number of benzene rings is 1. The summed E-state index contributed by atoms with van der Waals surface area (Å²) >= 11 is 3.36. The van der Waals surface area contributed by atoms with Gasteiger partial charge in [0.25, 0.3) is 0 Å². The van der Waals surface area contributed by atoms with Gasteiger partial charge in [0, 0.05) is 10.0 Å². The number of amides is 2. The van der Waals surface area contributed by atoms with E-state index in [4.69, 9.17) is 9.47 Å². The molecule has 0 spiro atoms. The third kappa shape index (κ3) is 3.37. The lowest BCUT2D eigenvalue weighted by Gasteiger charge is -2.22. The molecule has 2 rings (SSSR count). The van der Waals surface area contributed by atoms with E-state index in [0.29, 0.717) is 5.75 Å². The molecule has 0 aromatic heterocycles. The number of imide groups is 1. The van der Waals surface area contributed by atoms with Crippen LogP contribution in [0.4, 0.5) is 4.79 Å². The highest BCUT2D eigenvalue weighted by Crippen LogP contribution is 2.26. The lowest BCUT2D eigenvalue weighted by molar-refractivity contribution is -0.129. The average molecular weight is 356 g/mol. The fraction of sp³-hybridized carbons (Fsp3) is 0.467. The van der Waals surface area contributed by atoms with Gasteiger partial charge in [0.2, 0.25) is 5.91 Å². The third-order valence-electron chi connectivity index (χ3n) is 3.53. The van der Waals surface area contributed by atoms with Gasteiger partial charge in [-0.15, -0.1) is 0 Å². The number of cyclic esters (lactones) is 1. The van der Waals surface area contributed by atoms with Gasteiger partial charge in [0.15, 0.2) is 0 Å². The maximum Gasteiger partial charge on any atom is 0.416 e. The van der Waals surface area contributed by atoms with Crippen LogP contribution in [0, 0.1) is 5.92 Å². The predicted octanol–water partition coefficient (Wildman–Crippen LogP) is 3.00. The van der Waals surface area contributed by atoms with E-state index in [1.165, 1.54) is 4.90 Å². The maximum absolute atomic E-state index is 12.5. The second-order valence-corrected chi connectivity index (χ2v) is 6.20. The van der Waals surface area contributed by atoms with Crippen molar-refractivity contribution in [1.82, 2.24) is 4.90 Å². The Bertz CT molecular complexity index is 559. The van der Waals surface area contributed by atoms with Gasteiger partial charge in [-0.1, -0.05) is 35.8 Å². The number of nitrogens with zero attached hydrogens (tertiary/aromatic N) is 1. The van der Waals surface area contributed by atoms with Gasteiger partial charge in [0.05, 0.1) is 19.6 Å². The summed E-state index contributed by atoms with van der Waals surface area (Å²) in [4.78, 5) is 25.5. The molecular formula is C15H18BrNO4. The topological polar surface area (TPSA) is 55.8 Å². The monoisotopic (exact) mass is 355 g/mol. The summed E-state index contributed by atoms with van der Waals surface area (Å²) in [6.45, 7) is 4.19. The Morgan fingerprint density at radius 1 is 1.52 bits per heavy atom. The van der Waals surface area contributed by atoms with Gasteiger partial charge in [-0.05, 0) is 18.1 Å². The largest absolute Gasteiger partial charge is 0.496 e. The first-order valence-electron chi connectivity index (χ1n) is 6.75. The van der Waals surface area contributed by atoms with Crippen molar-refractivity contribution < 1.29 is 19.1 Å². The number of hydrogen-bond donors (Lipinski definition) is 0. The standard InChI is InChI=1S/C15H18BrNO4/c1-9(2)12-8-21-15(19)17(12)14(18)6-10-4-5-11(16)7-13(10)20-3/h4-5,7,9,12H,6,8H2,1-3H3/t12-/m1/s1. The van der Waals surface area contributed by atoms with Crippen molar-refractivity contribution in [2.75, 3.05) is 13.7 Å². The predicted molar refractivity (Wildman–Crippen MR) is 81.2 cm³/mol. The fourth-order valence-corrected chi connectivity index (χ4v) is 2.67. The molecule has 1 aliphatic rings. The Kier molecular flexibility index (Phi) is 4.88. The van der Waals surface area contributed by atoms with Crippen molar-refractivity contribution in [3.63, 3.8) is 0 Å². The van der Waals surface area contributed by atoms with Gasteiger partial charge in [-0.3, -0.25) is 4.79 Å². The van der Waals surface area contributed by atoms with E-state index in [2.05, 4.69) is 15.9 Å². The molecule has 0 bridgehead atoms. The van der Waals surface area contributed by atoms with Crippen LogP contribution >= 0.6 is 15.9 Å². The first-order valence-corrected chi connectivity index (χ1v) is 7.54. The molecule has 1 saturated heterocycles. The summed E-state index contributed by atoms with van der Waals surface area (Å²) in [6.07, 6.45) is -0.454. The van der Waals surface area contributed by atoms with Gasteiger partial charge in [0.1, 0.15) is 12.4 Å². The van der Waals surface area contributed by atoms with Crippen LogP contribution < -0.4 is 4.74 Å². The summed E-state index contributed by atoms with van der Waals surface area (Å²) in [5.41, 5.74) is 0.743. The van der Waals surface area contributed by atoms with Crippen molar-refractivity contribution in [3.8, 4) is 5.75 Å². The van der Waals surface area contributed by atoms with Crippen molar-refractivity contribution in [3.05, 3.63) is 28.2 Å². The van der Waals surface area contributed by atoms with Crippen LogP contribution in [-0.4, -0.2) is 36.7 Å². The zero-order valence-electron chi connectivity index (χ0n) is 12.3. The molecule has 5 nitrogen and oxygen atoms in total. The highest BCUT2D eigenvalue weighted by molar-refractivity contribution is 9.10. The van der Waals surface area contributed by atoms with E-state index in [9.17, 15) is 9.59 Å². The van der Waals surface area contributed by atoms with Gasteiger partial charge in [-0.2, -0.15) is 0 Å². The van der Waals surface area contributed by atoms with Crippen molar-refractivity contribution in [2.45, 2.75) is 26.3 Å². The number of carbonyl (C=O) groups is 2. The molecule has 0 radical (unpaired) electrons. The molecule has 114 valence electrons. The zero-order valence-corrected chi connectivity index (χ0v) is 13.8. The Hall–Kier alpha value is -1.56. The first-order chi connectivity index (χ1) is 9.93. The molecule has 1 aromatic carbocycles. The number of rotatable bonds is 4. The maximum atomic E-state index is 12.5. The highest BCUT2D eigenvalue weighted by Gasteiger charge is 2.39. The minimum atomic E-state index is -0.560. The Labute approximate surface area is 132 Å². The van der Waals surface area contributed by atoms with E-state index >= 15 is 0 Å². The molecule has 2 amide bonds. The number of methoxy groups -OCH3 is 1. The summed E-state index contributed by atoms with van der Waals surface area (Å²) in [7, 11) is 1.55. The third-order valence-corrected chi connectivity index (χ3v) is 4.03. The summed E-state index contributed by atoms with van der Waals surface area (Å²) in [6, 6.07) is 5.25. The number of ether oxygens (including phenoxy) is 2. The van der Waals surface area contributed by atoms with Gasteiger partial charge >= 0.3 is 6.09 Å². The molecule has 0 saturated carbocycles. The fourth-order valence-electron chi connectivity index (χ4n) is 2.33. The van der Waals surface area contributed by atoms with E-state index in [-0.39, 0.29) is 30.9 Å². The van der Waals surface area contributed by atoms with Gasteiger partial charge in [-0.25, -0.2) is 9.69 Å². The van der Waals surface area contributed by atoms with Crippen LogP contribution in [0.15, 0.2) is 22.7 Å². The van der Waals surface area contributed by atoms with Crippen LogP contribution in [0.1, 0.15) is 19.4 Å². The zero-order chi connectivity index (χ0) is 15.6. The summed E-state index contributed by atoms with van der Waals surface area (Å²) in [5, 5.41) is 0. The summed E-state index contributed by atoms with van der Waals surface area (Å²) < 4.78 is 11.1. The number of hydrogen-bond acceptors (Lipinski definition) is 4. The van der Waals surface area contributed by atoms with Crippen molar-refractivity contribution in [2.24, 2.45) is 5.92 Å². The van der Waals surface area contributed by atoms with Crippen LogP contribution in [0.3, 0.4) is 0 Å². The Balaban J connectivity index is 2.19. The quantitative estimate of drug-likeness (QED) is 0.832. The molecule has 6 heteroatoms. The molecule has 1 aliphatic heterocycles. The van der Waals surface area contributed by atoms with Crippen molar-refractivity contribution >= 4 is 27.9 Å². The van der Waals surface area contributed by atoms with Crippen LogP contribution in [0.2, 0.25) is 0 Å². The second kappa shape index (κ2) is 6.47. The van der Waals surface area contributed by atoms with E-state index in [0.717, 1.165) is 10.0 Å². The summed E-state index contributed by atoms with van der Waals surface area (Å²) in [5.74, 6) is 0.510. The molecule has 0 aliphatic carbocycles. The SMILES string of the molecule is COc1cc(Br)ccc1CC(=O)N1C(=O)OC[C@@H]1C(C)C. The lowest BCUT2D eigenvalue weighted by Crippen LogP contribution is -2.42. The van der Waals surface area contributed by atoms with Crippen molar-refractivity contribution in [1.29, 1.82) is 0 Å². The van der Waals surface area contributed by atoms with E-state index in [1.807, 2.05) is 26.0 Å². The minimum absolute atomic E-state index is 0.106. The number of carbonyl (C=O) groups excluding carboxylic acids is 2. The second-order valence-electron chi connectivity index (χ2n) is 5.28. The average Bonchev–Trinajstić information content (AvgIpc) is 2.82. The van der Waals surface area contributed by atoms with Crippen LogP contribution in [-0.2, 0) is 16.0 Å². The first kappa shape index (κ1) is 15.8. The molecule has 0 N–H and O–H groups in total. The Morgan fingerprint density at radius 3 is 2.86 bits per heavy atom. The highest BCUT2D eigenvalue weighted by atomic mass is 79.9. The Morgan fingerprint density at radius 2 is 2.24 bits per heavy atom. The molecule has 0 unspecified atom stereocenters. The number of halogens is 1. The molecule has 1 aromatic rings.